The molecule has 0 saturated heterocycles. The van der Waals surface area contributed by atoms with Gasteiger partial charge in [-0.05, 0) is 36.7 Å². The molecule has 0 bridgehead atoms. The fourth-order valence-corrected chi connectivity index (χ4v) is 1.98. The third kappa shape index (κ3) is 2.88. The van der Waals surface area contributed by atoms with Gasteiger partial charge in [-0.3, -0.25) is 0 Å². The molecule has 1 nitrogen and oxygen atoms in total. The second-order valence-electron chi connectivity index (χ2n) is 4.33. The number of benzene rings is 1. The molecule has 1 heterocycles. The van der Waals surface area contributed by atoms with Gasteiger partial charge in [0, 0.05) is 13.1 Å². The van der Waals surface area contributed by atoms with E-state index in [2.05, 4.69) is 11.0 Å². The van der Waals surface area contributed by atoms with Crippen molar-refractivity contribution in [3.05, 3.63) is 41.5 Å². The number of alkyl halides is 3. The first-order valence-corrected chi connectivity index (χ1v) is 5.52. The van der Waals surface area contributed by atoms with Gasteiger partial charge in [-0.1, -0.05) is 18.2 Å². The van der Waals surface area contributed by atoms with Crippen LogP contribution in [0.1, 0.15) is 17.5 Å². The van der Waals surface area contributed by atoms with Gasteiger partial charge in [0.1, 0.15) is 0 Å². The van der Waals surface area contributed by atoms with Crippen molar-refractivity contribution < 1.29 is 13.2 Å². The molecule has 1 aliphatic heterocycles. The summed E-state index contributed by atoms with van der Waals surface area (Å²) in [6.07, 6.45) is -1.20. The first-order chi connectivity index (χ1) is 7.97. The molecule has 1 aromatic carbocycles. The smallest absolute Gasteiger partial charge is 0.302 e. The van der Waals surface area contributed by atoms with Crippen molar-refractivity contribution in [2.45, 2.75) is 12.6 Å². The molecule has 0 amide bonds. The summed E-state index contributed by atoms with van der Waals surface area (Å²) in [6, 6.07) is 5.39. The zero-order valence-corrected chi connectivity index (χ0v) is 9.59. The molecule has 4 heteroatoms. The molecule has 2 rings (SSSR count). The summed E-state index contributed by atoms with van der Waals surface area (Å²) in [4.78, 5) is 2.16. The molecule has 0 radical (unpaired) electrons. The van der Waals surface area contributed by atoms with Crippen LogP contribution >= 0.6 is 0 Å². The van der Waals surface area contributed by atoms with Gasteiger partial charge < -0.3 is 4.90 Å². The molecule has 1 aromatic rings. The fourth-order valence-electron chi connectivity index (χ4n) is 1.98. The van der Waals surface area contributed by atoms with E-state index in [1.165, 1.54) is 0 Å². The molecule has 0 spiro atoms. The predicted molar refractivity (Wildman–Crippen MR) is 61.5 cm³/mol. The van der Waals surface area contributed by atoms with Crippen molar-refractivity contribution in [3.8, 4) is 0 Å². The highest BCUT2D eigenvalue weighted by molar-refractivity contribution is 5.67. The molecule has 0 unspecified atom stereocenters. The van der Waals surface area contributed by atoms with Gasteiger partial charge in [-0.25, -0.2) is 0 Å². The standard InChI is InChI=1S/C13H14F3N/c1-17-8-2-3-11(9-17)10-4-6-12(7-5-10)13(14,15)16/h3-7H,2,8-9H2,1H3. The Morgan fingerprint density at radius 3 is 2.29 bits per heavy atom. The summed E-state index contributed by atoms with van der Waals surface area (Å²) in [5, 5.41) is 0. The van der Waals surface area contributed by atoms with Crippen LogP contribution in [0.5, 0.6) is 0 Å². The van der Waals surface area contributed by atoms with Gasteiger partial charge in [0.05, 0.1) is 5.56 Å². The lowest BCUT2D eigenvalue weighted by atomic mass is 10.00. The van der Waals surface area contributed by atoms with Crippen LogP contribution in [0.2, 0.25) is 0 Å². The van der Waals surface area contributed by atoms with E-state index in [-0.39, 0.29) is 0 Å². The second kappa shape index (κ2) is 4.53. The average molecular weight is 241 g/mol. The first-order valence-electron chi connectivity index (χ1n) is 5.52. The Morgan fingerprint density at radius 2 is 1.76 bits per heavy atom. The molecular weight excluding hydrogens is 227 g/mol. The van der Waals surface area contributed by atoms with Crippen molar-refractivity contribution >= 4 is 5.57 Å². The van der Waals surface area contributed by atoms with Crippen LogP contribution in [0.15, 0.2) is 30.3 Å². The SMILES string of the molecule is CN1CCC=C(c2ccc(C(F)(F)F)cc2)C1. The Morgan fingerprint density at radius 1 is 1.12 bits per heavy atom. The van der Waals surface area contributed by atoms with E-state index < -0.39 is 11.7 Å². The minimum atomic E-state index is -4.25. The number of hydrogen-bond acceptors (Lipinski definition) is 1. The predicted octanol–water partition coefficient (Wildman–Crippen LogP) is 3.42. The Balaban J connectivity index is 2.21. The van der Waals surface area contributed by atoms with Crippen molar-refractivity contribution in [2.75, 3.05) is 20.1 Å². The van der Waals surface area contributed by atoms with Crippen molar-refractivity contribution in [3.63, 3.8) is 0 Å². The fraction of sp³-hybridized carbons (Fsp3) is 0.385. The monoisotopic (exact) mass is 241 g/mol. The molecule has 1 aliphatic rings. The van der Waals surface area contributed by atoms with Crippen LogP contribution in [0.25, 0.3) is 5.57 Å². The van der Waals surface area contributed by atoms with E-state index in [4.69, 9.17) is 0 Å². The summed E-state index contributed by atoms with van der Waals surface area (Å²) in [7, 11) is 2.01. The van der Waals surface area contributed by atoms with Crippen LogP contribution in [0.4, 0.5) is 13.2 Å². The number of halogens is 3. The number of nitrogens with zero attached hydrogens (tertiary/aromatic N) is 1. The van der Waals surface area contributed by atoms with E-state index in [0.29, 0.717) is 0 Å². The molecule has 0 aliphatic carbocycles. The highest BCUT2D eigenvalue weighted by Crippen LogP contribution is 2.30. The van der Waals surface area contributed by atoms with Crippen LogP contribution in [0.3, 0.4) is 0 Å². The average Bonchev–Trinajstić information content (AvgIpc) is 2.28. The number of likely N-dealkylation sites (N-methyl/N-ethyl adjacent to an activating group) is 1. The van der Waals surface area contributed by atoms with E-state index in [9.17, 15) is 13.2 Å². The van der Waals surface area contributed by atoms with Crippen LogP contribution in [-0.4, -0.2) is 25.0 Å². The molecule has 0 aromatic heterocycles. The zero-order valence-electron chi connectivity index (χ0n) is 9.59. The quantitative estimate of drug-likeness (QED) is 0.728. The number of rotatable bonds is 1. The molecule has 0 atom stereocenters. The Labute approximate surface area is 98.5 Å². The lowest BCUT2D eigenvalue weighted by molar-refractivity contribution is -0.137. The maximum absolute atomic E-state index is 12.4. The summed E-state index contributed by atoms with van der Waals surface area (Å²) in [5.74, 6) is 0. The summed E-state index contributed by atoms with van der Waals surface area (Å²) < 4.78 is 37.2. The van der Waals surface area contributed by atoms with Gasteiger partial charge in [-0.2, -0.15) is 13.2 Å². The van der Waals surface area contributed by atoms with Crippen molar-refractivity contribution in [2.24, 2.45) is 0 Å². The van der Waals surface area contributed by atoms with Crippen molar-refractivity contribution in [1.29, 1.82) is 0 Å². The Hall–Kier alpha value is -1.29. The lowest BCUT2D eigenvalue weighted by Crippen LogP contribution is -2.24. The molecule has 0 N–H and O–H groups in total. The van der Waals surface area contributed by atoms with Gasteiger partial charge >= 0.3 is 6.18 Å². The van der Waals surface area contributed by atoms with Gasteiger partial charge in [-0.15, -0.1) is 0 Å². The summed E-state index contributed by atoms with van der Waals surface area (Å²) in [6.45, 7) is 1.80. The van der Waals surface area contributed by atoms with Crippen LogP contribution < -0.4 is 0 Å². The maximum Gasteiger partial charge on any atom is 0.416 e. The first kappa shape index (κ1) is 12.2. The van der Waals surface area contributed by atoms with Crippen LogP contribution in [0, 0.1) is 0 Å². The zero-order chi connectivity index (χ0) is 12.5. The van der Waals surface area contributed by atoms with Gasteiger partial charge in [0.2, 0.25) is 0 Å². The normalized spacial score (nSPS) is 18.0. The third-order valence-electron chi connectivity index (χ3n) is 2.92. The summed E-state index contributed by atoms with van der Waals surface area (Å²) >= 11 is 0. The lowest BCUT2D eigenvalue weighted by Gasteiger charge is -2.23. The third-order valence-corrected chi connectivity index (χ3v) is 2.92. The highest BCUT2D eigenvalue weighted by atomic mass is 19.4. The number of hydrogen-bond donors (Lipinski definition) is 0. The van der Waals surface area contributed by atoms with E-state index >= 15 is 0 Å². The summed E-state index contributed by atoms with van der Waals surface area (Å²) in [5.41, 5.74) is 1.39. The Kier molecular flexibility index (Phi) is 3.24. The van der Waals surface area contributed by atoms with E-state index in [1.54, 1.807) is 12.1 Å². The Bertz CT molecular complexity index is 417. The molecular formula is C13H14F3N. The van der Waals surface area contributed by atoms with E-state index in [0.717, 1.165) is 42.8 Å². The molecule has 0 fully saturated rings. The largest absolute Gasteiger partial charge is 0.416 e. The topological polar surface area (TPSA) is 3.24 Å². The minimum Gasteiger partial charge on any atom is -0.302 e. The van der Waals surface area contributed by atoms with Crippen molar-refractivity contribution in [1.82, 2.24) is 4.90 Å². The van der Waals surface area contributed by atoms with Crippen LogP contribution in [-0.2, 0) is 6.18 Å². The van der Waals surface area contributed by atoms with E-state index in [1.807, 2.05) is 7.05 Å². The molecule has 17 heavy (non-hydrogen) atoms. The molecule has 0 saturated carbocycles. The van der Waals surface area contributed by atoms with Gasteiger partial charge in [0.25, 0.3) is 0 Å². The molecule has 92 valence electrons. The highest BCUT2D eigenvalue weighted by Gasteiger charge is 2.30. The second-order valence-corrected chi connectivity index (χ2v) is 4.33. The maximum atomic E-state index is 12.4. The minimum absolute atomic E-state index is 0.592. The van der Waals surface area contributed by atoms with Gasteiger partial charge in [0.15, 0.2) is 0 Å².